The van der Waals surface area contributed by atoms with E-state index >= 15 is 0 Å². The Bertz CT molecular complexity index is 1110. The lowest BCUT2D eigenvalue weighted by Gasteiger charge is -2.13. The van der Waals surface area contributed by atoms with E-state index in [0.29, 0.717) is 17.9 Å². The van der Waals surface area contributed by atoms with Crippen molar-refractivity contribution in [1.82, 2.24) is 15.3 Å². The minimum absolute atomic E-state index is 0.227. The van der Waals surface area contributed by atoms with Gasteiger partial charge in [-0.25, -0.2) is 9.97 Å². The van der Waals surface area contributed by atoms with Gasteiger partial charge in [0.05, 0.1) is 12.7 Å². The molecule has 5 heteroatoms. The summed E-state index contributed by atoms with van der Waals surface area (Å²) in [6.07, 6.45) is 3.09. The van der Waals surface area contributed by atoms with Crippen molar-refractivity contribution in [2.45, 2.75) is 6.54 Å². The molecule has 4 rings (SSSR count). The van der Waals surface area contributed by atoms with Crippen LogP contribution in [0.5, 0.6) is 5.75 Å². The lowest BCUT2D eigenvalue weighted by atomic mass is 10.0. The lowest BCUT2D eigenvalue weighted by Crippen LogP contribution is -2.23. The Morgan fingerprint density at radius 2 is 1.64 bits per heavy atom. The number of nitrogens with zero attached hydrogens (tertiary/aromatic N) is 2. The van der Waals surface area contributed by atoms with Crippen LogP contribution in [0.2, 0.25) is 0 Å². The number of nitrogens with one attached hydrogen (secondary N) is 1. The van der Waals surface area contributed by atoms with Crippen molar-refractivity contribution in [3.05, 3.63) is 90.3 Å². The van der Waals surface area contributed by atoms with Gasteiger partial charge in [-0.3, -0.25) is 4.79 Å². The van der Waals surface area contributed by atoms with Crippen LogP contribution in [-0.4, -0.2) is 23.0 Å². The average molecular weight is 369 g/mol. The van der Waals surface area contributed by atoms with Crippen LogP contribution in [0.4, 0.5) is 0 Å². The number of amides is 1. The van der Waals surface area contributed by atoms with Gasteiger partial charge in [0.15, 0.2) is 5.82 Å². The quantitative estimate of drug-likeness (QED) is 0.572. The number of rotatable bonds is 5. The molecule has 0 aliphatic carbocycles. The number of ether oxygens (including phenoxy) is 1. The Morgan fingerprint density at radius 1 is 0.929 bits per heavy atom. The molecule has 28 heavy (non-hydrogen) atoms. The van der Waals surface area contributed by atoms with E-state index in [1.165, 1.54) is 0 Å². The van der Waals surface area contributed by atoms with Crippen molar-refractivity contribution < 1.29 is 9.53 Å². The largest absolute Gasteiger partial charge is 0.496 e. The summed E-state index contributed by atoms with van der Waals surface area (Å²) in [5.41, 5.74) is 2.27. The number of carbonyl (C=O) groups excluding carboxylic acids is 1. The summed E-state index contributed by atoms with van der Waals surface area (Å²) in [5.74, 6) is 1.11. The summed E-state index contributed by atoms with van der Waals surface area (Å²) in [4.78, 5) is 21.2. The van der Waals surface area contributed by atoms with Gasteiger partial charge in [-0.05, 0) is 16.8 Å². The van der Waals surface area contributed by atoms with Crippen molar-refractivity contribution in [2.75, 3.05) is 7.11 Å². The minimum atomic E-state index is -0.227. The van der Waals surface area contributed by atoms with E-state index in [9.17, 15) is 4.79 Å². The highest BCUT2D eigenvalue weighted by Gasteiger charge is 2.12. The second kappa shape index (κ2) is 7.88. The van der Waals surface area contributed by atoms with Gasteiger partial charge >= 0.3 is 0 Å². The first-order valence-corrected chi connectivity index (χ1v) is 8.96. The Balaban J connectivity index is 1.53. The van der Waals surface area contributed by atoms with Crippen LogP contribution in [0.15, 0.2) is 79.1 Å². The topological polar surface area (TPSA) is 64.1 Å². The first-order valence-electron chi connectivity index (χ1n) is 8.96. The molecule has 138 valence electrons. The smallest absolute Gasteiger partial charge is 0.254 e. The molecule has 0 unspecified atom stereocenters. The number of aromatic nitrogens is 2. The molecule has 3 aromatic carbocycles. The molecule has 0 aliphatic heterocycles. The van der Waals surface area contributed by atoms with E-state index in [1.54, 1.807) is 19.5 Å². The summed E-state index contributed by atoms with van der Waals surface area (Å²) in [6, 6.07) is 21.6. The number of benzene rings is 3. The van der Waals surface area contributed by atoms with E-state index < -0.39 is 0 Å². The van der Waals surface area contributed by atoms with Gasteiger partial charge in [0, 0.05) is 30.1 Å². The van der Waals surface area contributed by atoms with E-state index in [1.807, 2.05) is 66.7 Å². The molecule has 1 heterocycles. The maximum absolute atomic E-state index is 12.6. The molecule has 0 spiro atoms. The van der Waals surface area contributed by atoms with Gasteiger partial charge in [-0.1, -0.05) is 60.7 Å². The van der Waals surface area contributed by atoms with Gasteiger partial charge < -0.3 is 10.1 Å². The molecule has 5 nitrogen and oxygen atoms in total. The van der Waals surface area contributed by atoms with Crippen molar-refractivity contribution in [3.63, 3.8) is 0 Å². The fourth-order valence-electron chi connectivity index (χ4n) is 3.14. The predicted molar refractivity (Wildman–Crippen MR) is 109 cm³/mol. The fourth-order valence-corrected chi connectivity index (χ4v) is 3.14. The summed E-state index contributed by atoms with van der Waals surface area (Å²) >= 11 is 0. The third-order valence-electron chi connectivity index (χ3n) is 4.59. The van der Waals surface area contributed by atoms with E-state index in [0.717, 1.165) is 27.6 Å². The maximum Gasteiger partial charge on any atom is 0.254 e. The fraction of sp³-hybridized carbons (Fsp3) is 0.0870. The highest BCUT2D eigenvalue weighted by atomic mass is 16.5. The molecule has 0 fully saturated rings. The molecule has 0 saturated heterocycles. The van der Waals surface area contributed by atoms with Crippen LogP contribution in [0, 0.1) is 0 Å². The zero-order chi connectivity index (χ0) is 19.3. The third-order valence-corrected chi connectivity index (χ3v) is 4.59. The number of hydrogen-bond acceptors (Lipinski definition) is 4. The van der Waals surface area contributed by atoms with Crippen LogP contribution < -0.4 is 10.1 Å². The van der Waals surface area contributed by atoms with Crippen molar-refractivity contribution in [3.8, 4) is 17.1 Å². The van der Waals surface area contributed by atoms with Crippen molar-refractivity contribution in [2.24, 2.45) is 0 Å². The van der Waals surface area contributed by atoms with E-state index in [-0.39, 0.29) is 5.91 Å². The van der Waals surface area contributed by atoms with Crippen LogP contribution in [-0.2, 0) is 6.54 Å². The van der Waals surface area contributed by atoms with Crippen LogP contribution in [0.3, 0.4) is 0 Å². The minimum Gasteiger partial charge on any atom is -0.496 e. The van der Waals surface area contributed by atoms with Crippen LogP contribution >= 0.6 is 0 Å². The monoisotopic (exact) mass is 369 g/mol. The molecular weight excluding hydrogens is 350 g/mol. The Hall–Kier alpha value is -3.73. The third kappa shape index (κ3) is 3.55. The van der Waals surface area contributed by atoms with Gasteiger partial charge in [0.1, 0.15) is 5.75 Å². The molecule has 0 atom stereocenters. The van der Waals surface area contributed by atoms with Crippen molar-refractivity contribution >= 4 is 16.7 Å². The van der Waals surface area contributed by atoms with Crippen LogP contribution in [0.1, 0.15) is 15.9 Å². The maximum atomic E-state index is 12.6. The predicted octanol–water partition coefficient (Wildman–Crippen LogP) is 4.24. The SMILES string of the molecule is COc1ccc2ccccc2c1CNC(=O)c1cnc(-c2ccccc2)nc1. The number of fused-ring (bicyclic) bond motifs is 1. The lowest BCUT2D eigenvalue weighted by molar-refractivity contribution is 0.0950. The summed E-state index contributed by atoms with van der Waals surface area (Å²) in [7, 11) is 1.63. The Labute approximate surface area is 163 Å². The second-order valence-electron chi connectivity index (χ2n) is 6.31. The molecule has 0 aliphatic rings. The van der Waals surface area contributed by atoms with Gasteiger partial charge in [0.25, 0.3) is 5.91 Å². The van der Waals surface area contributed by atoms with Gasteiger partial charge in [0.2, 0.25) is 0 Å². The summed E-state index contributed by atoms with van der Waals surface area (Å²) in [5, 5.41) is 5.10. The molecule has 4 aromatic rings. The van der Waals surface area contributed by atoms with Gasteiger partial charge in [-0.15, -0.1) is 0 Å². The average Bonchev–Trinajstić information content (AvgIpc) is 2.77. The molecule has 1 N–H and O–H groups in total. The highest BCUT2D eigenvalue weighted by molar-refractivity contribution is 5.94. The first-order chi connectivity index (χ1) is 13.8. The standard InChI is InChI=1S/C23H19N3O2/c1-28-21-12-11-16-7-5-6-10-19(16)20(21)15-26-23(27)18-13-24-22(25-14-18)17-8-3-2-4-9-17/h2-14H,15H2,1H3,(H,26,27). The summed E-state index contributed by atoms with van der Waals surface area (Å²) < 4.78 is 5.48. The van der Waals surface area contributed by atoms with E-state index in [2.05, 4.69) is 15.3 Å². The number of methoxy groups -OCH3 is 1. The van der Waals surface area contributed by atoms with Crippen molar-refractivity contribution in [1.29, 1.82) is 0 Å². The molecular formula is C23H19N3O2. The molecule has 0 radical (unpaired) electrons. The molecule has 1 aromatic heterocycles. The van der Waals surface area contributed by atoms with Gasteiger partial charge in [-0.2, -0.15) is 0 Å². The summed E-state index contributed by atoms with van der Waals surface area (Å²) in [6.45, 7) is 0.351. The van der Waals surface area contributed by atoms with E-state index in [4.69, 9.17) is 4.74 Å². The number of hydrogen-bond donors (Lipinski definition) is 1. The Kier molecular flexibility index (Phi) is 4.97. The molecule has 0 saturated carbocycles. The normalized spacial score (nSPS) is 10.6. The number of carbonyl (C=O) groups is 1. The Morgan fingerprint density at radius 3 is 2.39 bits per heavy atom. The zero-order valence-electron chi connectivity index (χ0n) is 15.4. The zero-order valence-corrected chi connectivity index (χ0v) is 15.4. The highest BCUT2D eigenvalue weighted by Crippen LogP contribution is 2.27. The molecule has 0 bridgehead atoms. The van der Waals surface area contributed by atoms with Crippen LogP contribution in [0.25, 0.3) is 22.2 Å². The second-order valence-corrected chi connectivity index (χ2v) is 6.31. The first kappa shape index (κ1) is 17.7. The molecule has 1 amide bonds.